The molecule has 0 unspecified atom stereocenters. The number of halogens is 1. The first-order valence-corrected chi connectivity index (χ1v) is 10.4. The molecule has 0 saturated heterocycles. The average Bonchev–Trinajstić information content (AvgIpc) is 3.23. The van der Waals surface area contributed by atoms with Crippen LogP contribution in [0.5, 0.6) is 5.75 Å². The Balaban J connectivity index is 1.55. The van der Waals surface area contributed by atoms with Crippen LogP contribution in [0.1, 0.15) is 41.2 Å². The van der Waals surface area contributed by atoms with Crippen LogP contribution in [0.3, 0.4) is 0 Å². The van der Waals surface area contributed by atoms with Gasteiger partial charge < -0.3 is 15.4 Å². The molecule has 5 rings (SSSR count). The van der Waals surface area contributed by atoms with Crippen LogP contribution >= 0.6 is 0 Å². The van der Waals surface area contributed by atoms with E-state index in [0.29, 0.717) is 34.8 Å². The molecule has 1 aliphatic carbocycles. The normalized spacial score (nSPS) is 17.3. The summed E-state index contributed by atoms with van der Waals surface area (Å²) in [7, 11) is 1.60. The Morgan fingerprint density at radius 3 is 2.62 bits per heavy atom. The van der Waals surface area contributed by atoms with Crippen molar-refractivity contribution in [2.45, 2.75) is 25.3 Å². The van der Waals surface area contributed by atoms with Gasteiger partial charge in [0, 0.05) is 23.4 Å². The molecule has 8 heteroatoms. The third kappa shape index (κ3) is 3.43. The van der Waals surface area contributed by atoms with E-state index in [4.69, 9.17) is 4.74 Å². The smallest absolute Gasteiger partial charge is 0.261 e. The number of fused-ring (bicyclic) bond motifs is 1. The predicted molar refractivity (Wildman–Crippen MR) is 117 cm³/mol. The lowest BCUT2D eigenvalue weighted by atomic mass is 9.85. The Morgan fingerprint density at radius 2 is 1.91 bits per heavy atom. The second-order valence-corrected chi connectivity index (χ2v) is 7.78. The molecule has 2 aliphatic rings. The van der Waals surface area contributed by atoms with Gasteiger partial charge in [-0.25, -0.2) is 9.07 Å². The number of hydrogen-bond acceptors (Lipinski definition) is 5. The maximum atomic E-state index is 13.2. The third-order valence-corrected chi connectivity index (χ3v) is 5.82. The van der Waals surface area contributed by atoms with Gasteiger partial charge in [0.25, 0.3) is 5.91 Å². The molecule has 0 saturated carbocycles. The van der Waals surface area contributed by atoms with Crippen LogP contribution in [0.4, 0.5) is 15.9 Å². The van der Waals surface area contributed by atoms with Gasteiger partial charge in [0.05, 0.1) is 13.3 Å². The van der Waals surface area contributed by atoms with Crippen molar-refractivity contribution in [3.8, 4) is 5.75 Å². The van der Waals surface area contributed by atoms with Crippen LogP contribution in [0.2, 0.25) is 0 Å². The van der Waals surface area contributed by atoms with Gasteiger partial charge in [-0.1, -0.05) is 12.1 Å². The Kier molecular flexibility index (Phi) is 4.97. The van der Waals surface area contributed by atoms with Gasteiger partial charge in [-0.3, -0.25) is 9.59 Å². The Labute approximate surface area is 183 Å². The highest BCUT2D eigenvalue weighted by molar-refractivity contribution is 6.08. The monoisotopic (exact) mass is 432 g/mol. The highest BCUT2D eigenvalue weighted by atomic mass is 19.1. The second-order valence-electron chi connectivity index (χ2n) is 7.78. The summed E-state index contributed by atoms with van der Waals surface area (Å²) in [5.74, 6) is 0.574. The van der Waals surface area contributed by atoms with E-state index < -0.39 is 6.04 Å². The number of methoxy groups -OCH3 is 1. The summed E-state index contributed by atoms with van der Waals surface area (Å²) in [5, 5.41) is 10.5. The molecule has 1 aliphatic heterocycles. The van der Waals surface area contributed by atoms with Gasteiger partial charge in [-0.2, -0.15) is 5.10 Å². The Morgan fingerprint density at radius 1 is 1.16 bits per heavy atom. The minimum atomic E-state index is -0.438. The first kappa shape index (κ1) is 20.0. The molecular formula is C24H21FN4O3. The van der Waals surface area contributed by atoms with Gasteiger partial charge in [-0.15, -0.1) is 0 Å². The zero-order valence-corrected chi connectivity index (χ0v) is 17.4. The fraction of sp³-hybridized carbons (Fsp3) is 0.208. The maximum Gasteiger partial charge on any atom is 0.261 e. The lowest BCUT2D eigenvalue weighted by molar-refractivity contribution is -0.116. The zero-order chi connectivity index (χ0) is 22.2. The quantitative estimate of drug-likeness (QED) is 0.642. The molecule has 2 N–H and O–H groups in total. The number of ketones is 1. The number of rotatable bonds is 4. The number of amides is 1. The van der Waals surface area contributed by atoms with E-state index in [2.05, 4.69) is 15.7 Å². The third-order valence-electron chi connectivity index (χ3n) is 5.82. The van der Waals surface area contributed by atoms with E-state index in [1.807, 2.05) is 24.3 Å². The van der Waals surface area contributed by atoms with E-state index in [0.717, 1.165) is 24.1 Å². The summed E-state index contributed by atoms with van der Waals surface area (Å²) in [6, 6.07) is 12.6. The summed E-state index contributed by atoms with van der Waals surface area (Å²) in [4.78, 5) is 25.9. The molecule has 0 bridgehead atoms. The molecule has 0 fully saturated rings. The fourth-order valence-corrected chi connectivity index (χ4v) is 4.25. The first-order chi connectivity index (χ1) is 15.5. The van der Waals surface area contributed by atoms with E-state index in [-0.39, 0.29) is 17.5 Å². The van der Waals surface area contributed by atoms with Crippen molar-refractivity contribution in [1.82, 2.24) is 9.78 Å². The lowest BCUT2D eigenvalue weighted by Gasteiger charge is -2.33. The Hall–Kier alpha value is -3.94. The van der Waals surface area contributed by atoms with Crippen molar-refractivity contribution in [2.75, 3.05) is 17.7 Å². The molecular weight excluding hydrogens is 411 g/mol. The standard InChI is InChI=1S/C24H21FN4O3/c1-32-17-11-5-14(6-12-17)22-21-19(3-2-4-20(21)30)28-23-18(13-26-29(22)23)24(31)27-16-9-7-15(25)8-10-16/h5-13,22,28H,2-4H2,1H3,(H,27,31)/t22-/m1/s1. The Bertz CT molecular complexity index is 1230. The topological polar surface area (TPSA) is 85.2 Å². The summed E-state index contributed by atoms with van der Waals surface area (Å²) in [5.41, 5.74) is 3.21. The minimum absolute atomic E-state index is 0.0815. The highest BCUT2D eigenvalue weighted by Crippen LogP contribution is 2.41. The van der Waals surface area contributed by atoms with Crippen molar-refractivity contribution in [3.05, 3.63) is 82.9 Å². The number of ether oxygens (including phenoxy) is 1. The molecule has 2 heterocycles. The maximum absolute atomic E-state index is 13.2. The largest absolute Gasteiger partial charge is 0.497 e. The van der Waals surface area contributed by atoms with Crippen LogP contribution in [-0.4, -0.2) is 28.6 Å². The van der Waals surface area contributed by atoms with Crippen LogP contribution < -0.4 is 15.4 Å². The number of carbonyl (C=O) groups is 2. The molecule has 1 aromatic heterocycles. The zero-order valence-electron chi connectivity index (χ0n) is 17.4. The number of carbonyl (C=O) groups excluding carboxylic acids is 2. The predicted octanol–water partition coefficient (Wildman–Crippen LogP) is 4.31. The van der Waals surface area contributed by atoms with Crippen molar-refractivity contribution in [2.24, 2.45) is 0 Å². The number of Topliss-reactive ketones (excluding diaryl/α,β-unsaturated/α-hetero) is 1. The molecule has 3 aromatic rings. The molecule has 1 atom stereocenters. The number of nitrogens with zero attached hydrogens (tertiary/aromatic N) is 2. The molecule has 162 valence electrons. The number of allylic oxidation sites excluding steroid dienone is 2. The van der Waals surface area contributed by atoms with E-state index in [1.165, 1.54) is 30.5 Å². The van der Waals surface area contributed by atoms with E-state index >= 15 is 0 Å². The number of aromatic nitrogens is 2. The molecule has 32 heavy (non-hydrogen) atoms. The summed E-state index contributed by atoms with van der Waals surface area (Å²) in [6.07, 6.45) is 3.45. The SMILES string of the molecule is COc1ccc([C@@H]2C3=C(CCCC3=O)Nc3c(C(=O)Nc4ccc(F)cc4)cnn32)cc1. The number of anilines is 2. The number of hydrogen-bond donors (Lipinski definition) is 2. The van der Waals surface area contributed by atoms with Crippen molar-refractivity contribution in [1.29, 1.82) is 0 Å². The molecule has 1 amide bonds. The second kappa shape index (κ2) is 7.96. The van der Waals surface area contributed by atoms with Gasteiger partial charge >= 0.3 is 0 Å². The summed E-state index contributed by atoms with van der Waals surface area (Å²) < 4.78 is 20.1. The highest BCUT2D eigenvalue weighted by Gasteiger charge is 2.37. The van der Waals surface area contributed by atoms with Crippen molar-refractivity contribution in [3.63, 3.8) is 0 Å². The van der Waals surface area contributed by atoms with Gasteiger partial charge in [-0.05, 0) is 54.8 Å². The molecule has 0 spiro atoms. The van der Waals surface area contributed by atoms with Gasteiger partial charge in [0.2, 0.25) is 0 Å². The van der Waals surface area contributed by atoms with Crippen LogP contribution in [0.15, 0.2) is 66.0 Å². The fourth-order valence-electron chi connectivity index (χ4n) is 4.25. The number of benzene rings is 2. The van der Waals surface area contributed by atoms with E-state index in [1.54, 1.807) is 11.8 Å². The van der Waals surface area contributed by atoms with Crippen LogP contribution in [-0.2, 0) is 4.79 Å². The van der Waals surface area contributed by atoms with Crippen molar-refractivity contribution >= 4 is 23.2 Å². The number of nitrogens with one attached hydrogen (secondary N) is 2. The first-order valence-electron chi connectivity index (χ1n) is 10.4. The summed E-state index contributed by atoms with van der Waals surface area (Å²) >= 11 is 0. The lowest BCUT2D eigenvalue weighted by Crippen LogP contribution is -2.32. The molecule has 2 aromatic carbocycles. The molecule has 7 nitrogen and oxygen atoms in total. The van der Waals surface area contributed by atoms with Crippen LogP contribution in [0, 0.1) is 5.82 Å². The summed E-state index contributed by atoms with van der Waals surface area (Å²) in [6.45, 7) is 0. The van der Waals surface area contributed by atoms with Gasteiger partial charge in [0.15, 0.2) is 5.78 Å². The molecule has 0 radical (unpaired) electrons. The van der Waals surface area contributed by atoms with Crippen molar-refractivity contribution < 1.29 is 18.7 Å². The van der Waals surface area contributed by atoms with E-state index in [9.17, 15) is 14.0 Å². The van der Waals surface area contributed by atoms with Gasteiger partial charge in [0.1, 0.15) is 29.0 Å². The van der Waals surface area contributed by atoms with Crippen LogP contribution in [0.25, 0.3) is 0 Å². The minimum Gasteiger partial charge on any atom is -0.497 e. The average molecular weight is 432 g/mol.